The van der Waals surface area contributed by atoms with Gasteiger partial charge in [-0.25, -0.2) is 0 Å². The standard InChI is InChI=1S/C28H30BrN3O/c29-21-5-4-6-22-24(21)25(33)31-26-28(11-2-1-3-12-28)20-8-7-19(15-23(20)32(22)26)18-9-13-27(14-10-18)16-30-17-27/h4-8,15,18,30H,1-3,9-14,16-17H2. The molecule has 0 amide bonds. The molecule has 0 unspecified atom stereocenters. The second kappa shape index (κ2) is 7.26. The van der Waals surface area contributed by atoms with Crippen LogP contribution in [0.2, 0.25) is 0 Å². The van der Waals surface area contributed by atoms with Gasteiger partial charge < -0.3 is 5.32 Å². The molecular weight excluding hydrogens is 474 g/mol. The van der Waals surface area contributed by atoms with Crippen molar-refractivity contribution in [3.63, 3.8) is 0 Å². The third-order valence-electron chi connectivity index (χ3n) is 9.30. The molecule has 0 radical (unpaired) electrons. The maximum atomic E-state index is 13.2. The second-order valence-electron chi connectivity index (χ2n) is 11.0. The molecule has 2 spiro atoms. The van der Waals surface area contributed by atoms with Crippen molar-refractivity contribution >= 4 is 26.8 Å². The largest absolute Gasteiger partial charge is 0.316 e. The van der Waals surface area contributed by atoms with E-state index in [-0.39, 0.29) is 11.0 Å². The van der Waals surface area contributed by atoms with Gasteiger partial charge >= 0.3 is 0 Å². The molecule has 5 heteroatoms. The Morgan fingerprint density at radius 3 is 2.52 bits per heavy atom. The van der Waals surface area contributed by atoms with E-state index in [2.05, 4.69) is 50.1 Å². The quantitative estimate of drug-likeness (QED) is 0.445. The average molecular weight is 504 g/mol. The number of benzene rings is 2. The number of fused-ring (bicyclic) bond motifs is 7. The van der Waals surface area contributed by atoms with Gasteiger partial charge in [-0.1, -0.05) is 37.5 Å². The molecule has 1 N–H and O–H groups in total. The van der Waals surface area contributed by atoms with Crippen molar-refractivity contribution in [2.24, 2.45) is 5.41 Å². The highest BCUT2D eigenvalue weighted by Gasteiger charge is 2.47. The van der Waals surface area contributed by atoms with Gasteiger partial charge in [-0.05, 0) is 95.1 Å². The van der Waals surface area contributed by atoms with Crippen LogP contribution in [-0.2, 0) is 5.41 Å². The SMILES string of the molecule is O=c1nc2n(c3cccc(Br)c13)-c1cc(C3CCC4(CC3)CNC4)ccc1C21CCCCC1. The van der Waals surface area contributed by atoms with E-state index in [1.165, 1.54) is 74.8 Å². The van der Waals surface area contributed by atoms with Crippen molar-refractivity contribution in [1.29, 1.82) is 0 Å². The normalized spacial score (nSPS) is 22.9. The summed E-state index contributed by atoms with van der Waals surface area (Å²) in [5, 5.41) is 4.19. The van der Waals surface area contributed by atoms with Crippen molar-refractivity contribution in [2.75, 3.05) is 13.1 Å². The third kappa shape index (κ3) is 2.84. The summed E-state index contributed by atoms with van der Waals surface area (Å²) < 4.78 is 3.17. The molecule has 2 aliphatic carbocycles. The van der Waals surface area contributed by atoms with Crippen molar-refractivity contribution in [3.8, 4) is 5.69 Å². The predicted molar refractivity (Wildman–Crippen MR) is 135 cm³/mol. The van der Waals surface area contributed by atoms with Crippen LogP contribution >= 0.6 is 15.9 Å². The predicted octanol–water partition coefficient (Wildman–Crippen LogP) is 5.96. The van der Waals surface area contributed by atoms with E-state index >= 15 is 0 Å². The Hall–Kier alpha value is -1.98. The highest BCUT2D eigenvalue weighted by molar-refractivity contribution is 9.10. The van der Waals surface area contributed by atoms with Crippen LogP contribution in [0.4, 0.5) is 0 Å². The van der Waals surface area contributed by atoms with Gasteiger partial charge in [-0.3, -0.25) is 9.36 Å². The molecule has 0 atom stereocenters. The van der Waals surface area contributed by atoms with Gasteiger partial charge in [0.25, 0.3) is 5.56 Å². The number of nitrogens with zero attached hydrogens (tertiary/aromatic N) is 2. The molecule has 2 saturated carbocycles. The van der Waals surface area contributed by atoms with Crippen molar-refractivity contribution < 1.29 is 0 Å². The minimum Gasteiger partial charge on any atom is -0.316 e. The fourth-order valence-corrected chi connectivity index (χ4v) is 7.87. The molecular formula is C28H30BrN3O. The third-order valence-corrected chi connectivity index (χ3v) is 9.96. The van der Waals surface area contributed by atoms with Crippen LogP contribution in [-0.4, -0.2) is 22.6 Å². The topological polar surface area (TPSA) is 46.9 Å². The first kappa shape index (κ1) is 20.4. The smallest absolute Gasteiger partial charge is 0.281 e. The number of hydrogen-bond acceptors (Lipinski definition) is 3. The van der Waals surface area contributed by atoms with Crippen LogP contribution < -0.4 is 10.9 Å². The van der Waals surface area contributed by atoms with E-state index in [4.69, 9.17) is 4.98 Å². The monoisotopic (exact) mass is 503 g/mol. The number of rotatable bonds is 1. The average Bonchev–Trinajstić information content (AvgIpc) is 3.07. The number of aromatic nitrogens is 2. The van der Waals surface area contributed by atoms with Crippen molar-refractivity contribution in [3.05, 3.63) is 68.2 Å². The van der Waals surface area contributed by atoms with E-state index < -0.39 is 0 Å². The van der Waals surface area contributed by atoms with Gasteiger partial charge in [0.2, 0.25) is 0 Å². The molecule has 170 valence electrons. The number of nitrogens with one attached hydrogen (secondary N) is 1. The fraction of sp³-hybridized carbons (Fsp3) is 0.500. The van der Waals surface area contributed by atoms with Crippen LogP contribution in [0.5, 0.6) is 0 Å². The fourth-order valence-electron chi connectivity index (χ4n) is 7.35. The molecule has 4 nitrogen and oxygen atoms in total. The molecule has 2 aromatic carbocycles. The van der Waals surface area contributed by atoms with Gasteiger partial charge in [0.1, 0.15) is 5.82 Å². The summed E-state index contributed by atoms with van der Waals surface area (Å²) in [7, 11) is 0. The van der Waals surface area contributed by atoms with Gasteiger partial charge in [0, 0.05) is 17.6 Å². The summed E-state index contributed by atoms with van der Waals surface area (Å²) in [6.45, 7) is 2.42. The van der Waals surface area contributed by atoms with E-state index in [9.17, 15) is 4.79 Å². The highest BCUT2D eigenvalue weighted by Crippen LogP contribution is 2.53. The number of hydrogen-bond donors (Lipinski definition) is 1. The summed E-state index contributed by atoms with van der Waals surface area (Å²) in [5.74, 6) is 1.62. The maximum Gasteiger partial charge on any atom is 0.281 e. The van der Waals surface area contributed by atoms with Crippen molar-refractivity contribution in [1.82, 2.24) is 14.9 Å². The van der Waals surface area contributed by atoms with Crippen LogP contribution in [0.1, 0.15) is 80.7 Å². The molecule has 1 saturated heterocycles. The van der Waals surface area contributed by atoms with Gasteiger partial charge in [0.05, 0.1) is 22.0 Å². The Balaban J connectivity index is 1.41. The number of halogens is 1. The zero-order valence-electron chi connectivity index (χ0n) is 19.0. The van der Waals surface area contributed by atoms with E-state index in [1.54, 1.807) is 0 Å². The van der Waals surface area contributed by atoms with Gasteiger partial charge in [-0.15, -0.1) is 0 Å². The first-order valence-electron chi connectivity index (χ1n) is 12.7. The molecule has 3 fully saturated rings. The molecule has 2 aliphatic heterocycles. The zero-order valence-corrected chi connectivity index (χ0v) is 20.6. The minimum absolute atomic E-state index is 0.103. The summed E-state index contributed by atoms with van der Waals surface area (Å²) >= 11 is 3.63. The molecule has 4 aliphatic rings. The Kier molecular flexibility index (Phi) is 4.49. The molecule has 33 heavy (non-hydrogen) atoms. The van der Waals surface area contributed by atoms with Gasteiger partial charge in [0.15, 0.2) is 0 Å². The second-order valence-corrected chi connectivity index (χ2v) is 11.9. The Bertz CT molecular complexity index is 1320. The van der Waals surface area contributed by atoms with Crippen LogP contribution in [0, 0.1) is 5.41 Å². The summed E-state index contributed by atoms with van der Waals surface area (Å²) in [4.78, 5) is 18.0. The van der Waals surface area contributed by atoms with Gasteiger partial charge in [-0.2, -0.15) is 4.98 Å². The molecule has 3 heterocycles. The van der Waals surface area contributed by atoms with Crippen LogP contribution in [0.15, 0.2) is 45.7 Å². The minimum atomic E-state index is -0.115. The van der Waals surface area contributed by atoms with Crippen LogP contribution in [0.25, 0.3) is 16.6 Å². The lowest BCUT2D eigenvalue weighted by atomic mass is 9.65. The zero-order chi connectivity index (χ0) is 22.2. The summed E-state index contributed by atoms with van der Waals surface area (Å²) in [6, 6.07) is 13.3. The first-order chi connectivity index (χ1) is 16.1. The molecule has 0 bridgehead atoms. The maximum absolute atomic E-state index is 13.2. The molecule has 1 aromatic heterocycles. The summed E-state index contributed by atoms with van der Waals surface area (Å²) in [5.41, 5.74) is 5.48. The molecule has 3 aromatic rings. The Morgan fingerprint density at radius 2 is 1.79 bits per heavy atom. The van der Waals surface area contributed by atoms with E-state index in [0.717, 1.165) is 28.7 Å². The lowest BCUT2D eigenvalue weighted by Crippen LogP contribution is -2.54. The van der Waals surface area contributed by atoms with E-state index in [0.29, 0.717) is 16.7 Å². The lowest BCUT2D eigenvalue weighted by molar-refractivity contribution is 0.0975. The van der Waals surface area contributed by atoms with Crippen molar-refractivity contribution in [2.45, 2.75) is 69.1 Å². The first-order valence-corrected chi connectivity index (χ1v) is 13.5. The molecule has 7 rings (SSSR count). The van der Waals surface area contributed by atoms with Crippen LogP contribution in [0.3, 0.4) is 0 Å². The Morgan fingerprint density at radius 1 is 1.00 bits per heavy atom. The highest BCUT2D eigenvalue weighted by atomic mass is 79.9. The Labute approximate surface area is 202 Å². The lowest BCUT2D eigenvalue weighted by Gasteiger charge is -2.47. The van der Waals surface area contributed by atoms with E-state index in [1.807, 2.05) is 12.1 Å². The summed E-state index contributed by atoms with van der Waals surface area (Å²) in [6.07, 6.45) is 11.1.